The average molecular weight is 556 g/mol. The first-order valence-electron chi connectivity index (χ1n) is 11.2. The molecule has 0 saturated carbocycles. The third-order valence-corrected chi connectivity index (χ3v) is 5.74. The Morgan fingerprint density at radius 2 is 1.91 bits per heavy atom. The van der Waals surface area contributed by atoms with Gasteiger partial charge in [-0.05, 0) is 69.6 Å². The Morgan fingerprint density at radius 3 is 2.50 bits per heavy atom. The van der Waals surface area contributed by atoms with E-state index in [1.165, 1.54) is 24.8 Å². The number of hydrogen-bond donors (Lipinski definition) is 3. The highest BCUT2D eigenvalue weighted by Crippen LogP contribution is 2.26. The number of furan rings is 1. The van der Waals surface area contributed by atoms with E-state index in [1.807, 2.05) is 19.1 Å². The number of nitrogens with one attached hydrogen (secondary N) is 2. The number of ether oxygens (including phenoxy) is 1. The Labute approximate surface area is 208 Å². The van der Waals surface area contributed by atoms with E-state index in [9.17, 15) is 5.11 Å². The molecule has 1 saturated heterocycles. The van der Waals surface area contributed by atoms with Gasteiger partial charge in [-0.15, -0.1) is 24.0 Å². The van der Waals surface area contributed by atoms with Crippen LogP contribution in [0.1, 0.15) is 50.5 Å². The summed E-state index contributed by atoms with van der Waals surface area (Å²) in [4.78, 5) is 7.17. The van der Waals surface area contributed by atoms with Gasteiger partial charge in [-0.1, -0.05) is 18.6 Å². The molecule has 178 valence electrons. The van der Waals surface area contributed by atoms with Crippen molar-refractivity contribution < 1.29 is 14.3 Å². The zero-order valence-corrected chi connectivity index (χ0v) is 21.7. The molecular weight excluding hydrogens is 519 g/mol. The van der Waals surface area contributed by atoms with Crippen LogP contribution in [0, 0.1) is 0 Å². The first-order chi connectivity index (χ1) is 15.0. The van der Waals surface area contributed by atoms with E-state index in [1.54, 1.807) is 32.4 Å². The van der Waals surface area contributed by atoms with E-state index in [0.29, 0.717) is 11.7 Å². The van der Waals surface area contributed by atoms with Gasteiger partial charge >= 0.3 is 0 Å². The van der Waals surface area contributed by atoms with Crippen molar-refractivity contribution in [1.82, 2.24) is 15.5 Å². The highest BCUT2D eigenvalue weighted by Gasteiger charge is 2.26. The number of nitrogens with zero attached hydrogens (tertiary/aromatic N) is 2. The van der Waals surface area contributed by atoms with Crippen LogP contribution < -0.4 is 15.4 Å². The van der Waals surface area contributed by atoms with Crippen LogP contribution >= 0.6 is 24.0 Å². The Balaban J connectivity index is 0.00000363. The molecule has 1 aliphatic heterocycles. The van der Waals surface area contributed by atoms with Crippen LogP contribution in [0.5, 0.6) is 5.75 Å². The minimum Gasteiger partial charge on any atom is -0.497 e. The third kappa shape index (κ3) is 7.38. The van der Waals surface area contributed by atoms with Crippen molar-refractivity contribution >= 4 is 29.9 Å². The zero-order chi connectivity index (χ0) is 22.1. The molecule has 3 N–H and O–H groups in total. The molecule has 32 heavy (non-hydrogen) atoms. The summed E-state index contributed by atoms with van der Waals surface area (Å²) in [6.07, 6.45) is 5.32. The molecule has 0 radical (unpaired) electrons. The molecule has 7 nitrogen and oxygen atoms in total. The highest BCUT2D eigenvalue weighted by atomic mass is 127. The largest absolute Gasteiger partial charge is 0.497 e. The quantitative estimate of drug-likeness (QED) is 0.247. The second-order valence-corrected chi connectivity index (χ2v) is 8.21. The average Bonchev–Trinajstić information content (AvgIpc) is 3.35. The summed E-state index contributed by atoms with van der Waals surface area (Å²) in [6.45, 7) is 7.61. The second kappa shape index (κ2) is 13.1. The fraction of sp³-hybridized carbons (Fsp3) is 0.542. The van der Waals surface area contributed by atoms with Gasteiger partial charge in [-0.25, -0.2) is 4.99 Å². The topological polar surface area (TPSA) is 82.3 Å². The predicted molar refractivity (Wildman–Crippen MR) is 139 cm³/mol. The highest BCUT2D eigenvalue weighted by molar-refractivity contribution is 14.0. The number of hydrogen-bond acceptors (Lipinski definition) is 5. The van der Waals surface area contributed by atoms with Gasteiger partial charge in [0.1, 0.15) is 17.1 Å². The predicted octanol–water partition coefficient (Wildman–Crippen LogP) is 3.90. The molecule has 2 aromatic rings. The van der Waals surface area contributed by atoms with Gasteiger partial charge in [0.15, 0.2) is 5.96 Å². The van der Waals surface area contributed by atoms with Crippen molar-refractivity contribution in [3.63, 3.8) is 0 Å². The van der Waals surface area contributed by atoms with E-state index in [4.69, 9.17) is 9.15 Å². The van der Waals surface area contributed by atoms with Gasteiger partial charge in [0.2, 0.25) is 0 Å². The monoisotopic (exact) mass is 556 g/mol. The number of halogens is 1. The summed E-state index contributed by atoms with van der Waals surface area (Å²) in [5, 5.41) is 17.5. The van der Waals surface area contributed by atoms with Gasteiger partial charge in [0, 0.05) is 13.1 Å². The lowest BCUT2D eigenvalue weighted by molar-refractivity contribution is 0.0436. The standard InChI is InChI=1S/C24H36N4O3.HI/c1-4-25-23(27-18-24(2,29)22-9-8-16-31-22)26-17-21(28-14-6-5-7-15-28)19-10-12-20(30-3)13-11-19;/h8-13,16,21,29H,4-7,14-15,17-18H2,1-3H3,(H2,25,26,27);1H. The number of benzene rings is 1. The van der Waals surface area contributed by atoms with Gasteiger partial charge in [0.05, 0.1) is 26.0 Å². The van der Waals surface area contributed by atoms with Gasteiger partial charge in [0.25, 0.3) is 0 Å². The van der Waals surface area contributed by atoms with Crippen molar-refractivity contribution in [3.05, 3.63) is 54.0 Å². The van der Waals surface area contributed by atoms with Crippen LogP contribution in [0.25, 0.3) is 0 Å². The third-order valence-electron chi connectivity index (χ3n) is 5.74. The Hall–Kier alpha value is -1.78. The van der Waals surface area contributed by atoms with Crippen LogP contribution in [-0.4, -0.2) is 55.8 Å². The molecule has 1 aliphatic rings. The van der Waals surface area contributed by atoms with Crippen LogP contribution in [0.15, 0.2) is 52.1 Å². The molecule has 8 heteroatoms. The lowest BCUT2D eigenvalue weighted by atomic mass is 10.0. The number of aliphatic hydroxyl groups is 1. The van der Waals surface area contributed by atoms with E-state index in [-0.39, 0.29) is 36.6 Å². The molecule has 1 aromatic heterocycles. The van der Waals surface area contributed by atoms with Crippen molar-refractivity contribution in [3.8, 4) is 5.75 Å². The molecule has 2 atom stereocenters. The van der Waals surface area contributed by atoms with Gasteiger partial charge < -0.3 is 24.9 Å². The Bertz CT molecular complexity index is 803. The van der Waals surface area contributed by atoms with Crippen LogP contribution in [-0.2, 0) is 5.60 Å². The zero-order valence-electron chi connectivity index (χ0n) is 19.3. The lowest BCUT2D eigenvalue weighted by Crippen LogP contribution is -2.45. The number of rotatable bonds is 9. The van der Waals surface area contributed by atoms with Crippen LogP contribution in [0.4, 0.5) is 0 Å². The first-order valence-corrected chi connectivity index (χ1v) is 11.2. The maximum Gasteiger partial charge on any atom is 0.191 e. The van der Waals surface area contributed by atoms with E-state index in [0.717, 1.165) is 31.9 Å². The molecular formula is C24H37IN4O3. The van der Waals surface area contributed by atoms with Gasteiger partial charge in [-0.2, -0.15) is 0 Å². The Kier molecular flexibility index (Phi) is 10.8. The van der Waals surface area contributed by atoms with E-state index >= 15 is 0 Å². The van der Waals surface area contributed by atoms with E-state index < -0.39 is 5.60 Å². The molecule has 0 amide bonds. The number of piperidine rings is 1. The summed E-state index contributed by atoms with van der Waals surface area (Å²) in [5.41, 5.74) is 0.0994. The molecule has 0 bridgehead atoms. The van der Waals surface area contributed by atoms with E-state index in [2.05, 4.69) is 32.7 Å². The lowest BCUT2D eigenvalue weighted by Gasteiger charge is -2.35. The molecule has 1 aromatic carbocycles. The van der Waals surface area contributed by atoms with Crippen molar-refractivity contribution in [2.24, 2.45) is 4.99 Å². The molecule has 2 unspecified atom stereocenters. The normalized spacial score (nSPS) is 17.7. The smallest absolute Gasteiger partial charge is 0.191 e. The second-order valence-electron chi connectivity index (χ2n) is 8.21. The summed E-state index contributed by atoms with van der Waals surface area (Å²) < 4.78 is 10.7. The van der Waals surface area contributed by atoms with Gasteiger partial charge in [-0.3, -0.25) is 4.90 Å². The summed E-state index contributed by atoms with van der Waals surface area (Å²) in [6, 6.07) is 12.1. The number of guanidine groups is 1. The molecule has 3 rings (SSSR count). The van der Waals surface area contributed by atoms with Crippen molar-refractivity contribution in [1.29, 1.82) is 0 Å². The van der Waals surface area contributed by atoms with Crippen LogP contribution in [0.2, 0.25) is 0 Å². The minimum atomic E-state index is -1.16. The number of aliphatic imine (C=N–C) groups is 1. The maximum absolute atomic E-state index is 10.7. The molecule has 2 heterocycles. The minimum absolute atomic E-state index is 0. The summed E-state index contributed by atoms with van der Waals surface area (Å²) >= 11 is 0. The molecule has 1 fully saturated rings. The van der Waals surface area contributed by atoms with Crippen molar-refractivity contribution in [2.75, 3.05) is 39.8 Å². The molecule has 0 spiro atoms. The van der Waals surface area contributed by atoms with Crippen LogP contribution in [0.3, 0.4) is 0 Å². The number of methoxy groups -OCH3 is 1. The molecule has 0 aliphatic carbocycles. The summed E-state index contributed by atoms with van der Waals surface area (Å²) in [7, 11) is 1.69. The SMILES string of the molecule is CCNC(=NCC(C)(O)c1ccco1)NCC(c1ccc(OC)cc1)N1CCCCC1.I. The first kappa shape index (κ1) is 26.5. The maximum atomic E-state index is 10.7. The number of likely N-dealkylation sites (tertiary alicyclic amines) is 1. The summed E-state index contributed by atoms with van der Waals surface area (Å²) in [5.74, 6) is 2.06. The fourth-order valence-corrected chi connectivity index (χ4v) is 3.94. The Morgan fingerprint density at radius 1 is 1.19 bits per heavy atom. The fourth-order valence-electron chi connectivity index (χ4n) is 3.94. The van der Waals surface area contributed by atoms with Crippen molar-refractivity contribution in [2.45, 2.75) is 44.8 Å².